The maximum Gasteiger partial charge on any atom is 0.231 e. The van der Waals surface area contributed by atoms with E-state index in [1.54, 1.807) is 0 Å². The van der Waals surface area contributed by atoms with E-state index in [0.717, 1.165) is 37.0 Å². The predicted octanol–water partition coefficient (Wildman–Crippen LogP) is 2.43. The molecule has 1 N–H and O–H groups in total. The van der Waals surface area contributed by atoms with Crippen LogP contribution in [0.4, 0.5) is 5.95 Å². The molecule has 1 aliphatic heterocycles. The number of nitrogens with zero attached hydrogens (tertiary/aromatic N) is 4. The molecule has 0 aromatic carbocycles. The van der Waals surface area contributed by atoms with Gasteiger partial charge in [0.2, 0.25) is 11.9 Å². The van der Waals surface area contributed by atoms with Gasteiger partial charge in [-0.25, -0.2) is 0 Å². The van der Waals surface area contributed by atoms with Crippen molar-refractivity contribution in [2.45, 2.75) is 70.1 Å². The minimum absolute atomic E-state index is 0.00752. The molecule has 0 bridgehead atoms. The van der Waals surface area contributed by atoms with Crippen molar-refractivity contribution in [3.05, 3.63) is 0 Å². The van der Waals surface area contributed by atoms with E-state index in [4.69, 9.17) is 0 Å². The molecule has 1 aromatic heterocycles. The van der Waals surface area contributed by atoms with Crippen LogP contribution in [0.1, 0.15) is 58.9 Å². The van der Waals surface area contributed by atoms with Gasteiger partial charge in [0.1, 0.15) is 0 Å². The fourth-order valence-electron chi connectivity index (χ4n) is 3.41. The number of thioether (sulfide) groups is 1. The van der Waals surface area contributed by atoms with Crippen molar-refractivity contribution in [3.8, 4) is 0 Å². The molecule has 26 heavy (non-hydrogen) atoms. The molecule has 0 spiro atoms. The van der Waals surface area contributed by atoms with Crippen LogP contribution in [0.5, 0.6) is 0 Å². The fourth-order valence-corrected chi connectivity index (χ4v) is 4.22. The summed E-state index contributed by atoms with van der Waals surface area (Å²) in [4.78, 5) is 26.3. The Labute approximate surface area is 159 Å². The molecule has 0 radical (unpaired) electrons. The Hall–Kier alpha value is -1.57. The van der Waals surface area contributed by atoms with E-state index in [0.29, 0.717) is 6.04 Å². The van der Waals surface area contributed by atoms with Gasteiger partial charge in [0.15, 0.2) is 10.9 Å². The standard InChI is InChI=1S/C18H29N5O2S/c1-12(2)16(13(3)24)19-15(25)11-26-18-21-20-17(23(18)14-7-8-14)22-9-5-4-6-10-22/h12,14,16H,4-11H2,1-3H3,(H,19,25). The van der Waals surface area contributed by atoms with Crippen molar-refractivity contribution in [2.24, 2.45) is 5.92 Å². The second-order valence-electron chi connectivity index (χ2n) is 7.62. The largest absolute Gasteiger partial charge is 0.345 e. The molecule has 8 heteroatoms. The second-order valence-corrected chi connectivity index (χ2v) is 8.56. The van der Waals surface area contributed by atoms with Gasteiger partial charge >= 0.3 is 0 Å². The van der Waals surface area contributed by atoms with E-state index in [2.05, 4.69) is 25.0 Å². The summed E-state index contributed by atoms with van der Waals surface area (Å²) in [5, 5.41) is 12.4. The first-order chi connectivity index (χ1) is 12.5. The topological polar surface area (TPSA) is 80.1 Å². The Morgan fingerprint density at radius 3 is 2.46 bits per heavy atom. The van der Waals surface area contributed by atoms with Crippen LogP contribution in [0.3, 0.4) is 0 Å². The number of carbonyl (C=O) groups is 2. The fraction of sp³-hybridized carbons (Fsp3) is 0.778. The Balaban J connectivity index is 1.63. The van der Waals surface area contributed by atoms with Crippen LogP contribution in [0.2, 0.25) is 0 Å². The first-order valence-corrected chi connectivity index (χ1v) is 10.6. The first-order valence-electron chi connectivity index (χ1n) is 9.60. The van der Waals surface area contributed by atoms with E-state index in [1.807, 2.05) is 13.8 Å². The molecule has 1 atom stereocenters. The summed E-state index contributed by atoms with van der Waals surface area (Å²) in [6.45, 7) is 7.46. The van der Waals surface area contributed by atoms with Crippen LogP contribution in [0.15, 0.2) is 5.16 Å². The smallest absolute Gasteiger partial charge is 0.231 e. The number of hydrogen-bond acceptors (Lipinski definition) is 6. The minimum atomic E-state index is -0.423. The summed E-state index contributed by atoms with van der Waals surface area (Å²) >= 11 is 1.41. The van der Waals surface area contributed by atoms with Crippen LogP contribution in [-0.2, 0) is 9.59 Å². The predicted molar refractivity (Wildman–Crippen MR) is 103 cm³/mol. The van der Waals surface area contributed by atoms with Crippen molar-refractivity contribution in [3.63, 3.8) is 0 Å². The highest BCUT2D eigenvalue weighted by atomic mass is 32.2. The third-order valence-electron chi connectivity index (χ3n) is 4.95. The average molecular weight is 380 g/mol. The monoisotopic (exact) mass is 379 g/mol. The molecule has 2 aliphatic rings. The Morgan fingerprint density at radius 1 is 1.19 bits per heavy atom. The van der Waals surface area contributed by atoms with Gasteiger partial charge in [0.05, 0.1) is 11.8 Å². The zero-order valence-corrected chi connectivity index (χ0v) is 16.7. The van der Waals surface area contributed by atoms with Gasteiger partial charge in [-0.05, 0) is 44.9 Å². The molecule has 1 unspecified atom stereocenters. The Kier molecular flexibility index (Phi) is 6.21. The van der Waals surface area contributed by atoms with E-state index < -0.39 is 6.04 Å². The number of carbonyl (C=O) groups excluding carboxylic acids is 2. The quantitative estimate of drug-likeness (QED) is 0.699. The second kappa shape index (κ2) is 8.41. The molecule has 1 saturated carbocycles. The van der Waals surface area contributed by atoms with Gasteiger partial charge in [0, 0.05) is 19.1 Å². The molecule has 7 nitrogen and oxygen atoms in total. The summed E-state index contributed by atoms with van der Waals surface area (Å²) < 4.78 is 2.22. The molecule has 1 aliphatic carbocycles. The van der Waals surface area contributed by atoms with Crippen LogP contribution in [0, 0.1) is 5.92 Å². The summed E-state index contributed by atoms with van der Waals surface area (Å²) in [6.07, 6.45) is 5.98. The highest BCUT2D eigenvalue weighted by Gasteiger charge is 2.32. The zero-order valence-electron chi connectivity index (χ0n) is 15.9. The van der Waals surface area contributed by atoms with Gasteiger partial charge in [0.25, 0.3) is 0 Å². The minimum Gasteiger partial charge on any atom is -0.345 e. The summed E-state index contributed by atoms with van der Waals surface area (Å²) in [5.41, 5.74) is 0. The van der Waals surface area contributed by atoms with Crippen LogP contribution in [0.25, 0.3) is 0 Å². The number of nitrogens with one attached hydrogen (secondary N) is 1. The Morgan fingerprint density at radius 2 is 1.88 bits per heavy atom. The van der Waals surface area contributed by atoms with E-state index in [-0.39, 0.29) is 23.4 Å². The highest BCUT2D eigenvalue weighted by Crippen LogP contribution is 2.41. The molecular formula is C18H29N5O2S. The van der Waals surface area contributed by atoms with Gasteiger partial charge < -0.3 is 10.2 Å². The average Bonchev–Trinajstić information content (AvgIpc) is 3.37. The number of hydrogen-bond donors (Lipinski definition) is 1. The highest BCUT2D eigenvalue weighted by molar-refractivity contribution is 7.99. The van der Waals surface area contributed by atoms with Crippen LogP contribution >= 0.6 is 11.8 Å². The lowest BCUT2D eigenvalue weighted by Gasteiger charge is -2.27. The number of piperidine rings is 1. The number of Topliss-reactive ketones (excluding diaryl/α,β-unsaturated/α-hetero) is 1. The summed E-state index contributed by atoms with van der Waals surface area (Å²) in [6, 6.07) is 0.0430. The molecule has 2 heterocycles. The number of ketones is 1. The number of anilines is 1. The molecule has 1 aromatic rings. The van der Waals surface area contributed by atoms with E-state index in [1.165, 1.54) is 37.9 Å². The van der Waals surface area contributed by atoms with E-state index in [9.17, 15) is 9.59 Å². The van der Waals surface area contributed by atoms with Gasteiger partial charge in [-0.1, -0.05) is 25.6 Å². The van der Waals surface area contributed by atoms with Gasteiger partial charge in [-0.15, -0.1) is 10.2 Å². The van der Waals surface area contributed by atoms with Crippen molar-refractivity contribution in [1.82, 2.24) is 20.1 Å². The van der Waals surface area contributed by atoms with Crippen LogP contribution < -0.4 is 10.2 Å². The van der Waals surface area contributed by atoms with Gasteiger partial charge in [-0.2, -0.15) is 0 Å². The molecule has 2 fully saturated rings. The van der Waals surface area contributed by atoms with Crippen molar-refractivity contribution in [1.29, 1.82) is 0 Å². The Bertz CT molecular complexity index is 650. The number of aromatic nitrogens is 3. The molecule has 3 rings (SSSR count). The van der Waals surface area contributed by atoms with Crippen molar-refractivity contribution < 1.29 is 9.59 Å². The third kappa shape index (κ3) is 4.58. The number of amides is 1. The van der Waals surface area contributed by atoms with E-state index >= 15 is 0 Å². The van der Waals surface area contributed by atoms with Gasteiger partial charge in [-0.3, -0.25) is 14.2 Å². The maximum atomic E-state index is 12.3. The number of rotatable bonds is 8. The SMILES string of the molecule is CC(=O)C(NC(=O)CSc1nnc(N2CCCCC2)n1C1CC1)C(C)C. The lowest BCUT2D eigenvalue weighted by molar-refractivity contribution is -0.126. The summed E-state index contributed by atoms with van der Waals surface area (Å²) in [7, 11) is 0. The van der Waals surface area contributed by atoms with Crippen molar-refractivity contribution >= 4 is 29.4 Å². The first kappa shape index (κ1) is 19.2. The molecule has 1 amide bonds. The maximum absolute atomic E-state index is 12.3. The molecule has 1 saturated heterocycles. The normalized spacial score (nSPS) is 18.8. The molecular weight excluding hydrogens is 350 g/mol. The zero-order chi connectivity index (χ0) is 18.7. The third-order valence-corrected chi connectivity index (χ3v) is 5.89. The lowest BCUT2D eigenvalue weighted by Crippen LogP contribution is -2.44. The van der Waals surface area contributed by atoms with Crippen molar-refractivity contribution in [2.75, 3.05) is 23.7 Å². The molecule has 144 valence electrons. The summed E-state index contributed by atoms with van der Waals surface area (Å²) in [5.74, 6) is 1.16. The lowest BCUT2D eigenvalue weighted by atomic mass is 10.0. The van der Waals surface area contributed by atoms with Crippen LogP contribution in [-0.4, -0.2) is 51.3 Å².